The smallest absolute Gasteiger partial charge is 0.0593 e. The van der Waals surface area contributed by atoms with Crippen molar-refractivity contribution in [3.05, 3.63) is 0 Å². The fourth-order valence-electron chi connectivity index (χ4n) is 2.82. The molecular weight excluding hydrogens is 226 g/mol. The van der Waals surface area contributed by atoms with Crippen LogP contribution in [0.2, 0.25) is 0 Å². The minimum absolute atomic E-state index is 0.0812. The van der Waals surface area contributed by atoms with Crippen LogP contribution in [0.25, 0.3) is 0 Å². The van der Waals surface area contributed by atoms with Crippen LogP contribution in [0.3, 0.4) is 0 Å². The fourth-order valence-corrected chi connectivity index (χ4v) is 2.82. The molecule has 0 radical (unpaired) electrons. The van der Waals surface area contributed by atoms with Crippen LogP contribution in [-0.4, -0.2) is 49.5 Å². The molecule has 3 nitrogen and oxygen atoms in total. The molecule has 0 spiro atoms. The molecule has 2 unspecified atom stereocenters. The van der Waals surface area contributed by atoms with Gasteiger partial charge in [0.1, 0.15) is 0 Å². The van der Waals surface area contributed by atoms with Crippen LogP contribution in [0.1, 0.15) is 44.9 Å². The number of nitrogens with zero attached hydrogens (tertiary/aromatic N) is 1. The lowest BCUT2D eigenvalue weighted by molar-refractivity contribution is 0.0627. The molecule has 2 aliphatic rings. The van der Waals surface area contributed by atoms with E-state index in [-0.39, 0.29) is 6.10 Å². The van der Waals surface area contributed by atoms with Crippen LogP contribution in [0.5, 0.6) is 0 Å². The highest BCUT2D eigenvalue weighted by atomic mass is 16.5. The lowest BCUT2D eigenvalue weighted by atomic mass is 9.97. The second-order valence-electron chi connectivity index (χ2n) is 6.25. The molecule has 2 aliphatic carbocycles. The van der Waals surface area contributed by atoms with Crippen molar-refractivity contribution in [3.8, 4) is 0 Å². The maximum Gasteiger partial charge on any atom is 0.0593 e. The lowest BCUT2D eigenvalue weighted by Gasteiger charge is -2.26. The summed E-state index contributed by atoms with van der Waals surface area (Å²) in [7, 11) is 2.15. The minimum atomic E-state index is -0.0812. The summed E-state index contributed by atoms with van der Waals surface area (Å²) in [6.45, 7) is 3.82. The van der Waals surface area contributed by atoms with Crippen molar-refractivity contribution in [3.63, 3.8) is 0 Å². The normalized spacial score (nSPS) is 29.5. The zero-order chi connectivity index (χ0) is 12.8. The SMILES string of the molecule is CN(CCOCC1CC1)CC1CCCCCC1O. The van der Waals surface area contributed by atoms with E-state index in [0.29, 0.717) is 5.92 Å². The zero-order valence-corrected chi connectivity index (χ0v) is 11.8. The molecule has 2 atom stereocenters. The molecular formula is C15H29NO2. The molecule has 0 aromatic rings. The largest absolute Gasteiger partial charge is 0.393 e. The quantitative estimate of drug-likeness (QED) is 0.559. The van der Waals surface area contributed by atoms with Crippen molar-refractivity contribution in [1.82, 2.24) is 4.90 Å². The van der Waals surface area contributed by atoms with Gasteiger partial charge in [0, 0.05) is 19.7 Å². The first-order valence-electron chi connectivity index (χ1n) is 7.70. The second kappa shape index (κ2) is 7.46. The third-order valence-corrected chi connectivity index (χ3v) is 4.33. The topological polar surface area (TPSA) is 32.7 Å². The van der Waals surface area contributed by atoms with Crippen molar-refractivity contribution >= 4 is 0 Å². The van der Waals surface area contributed by atoms with Gasteiger partial charge >= 0.3 is 0 Å². The molecule has 0 aromatic carbocycles. The number of ether oxygens (including phenoxy) is 1. The van der Waals surface area contributed by atoms with Crippen LogP contribution < -0.4 is 0 Å². The molecule has 2 fully saturated rings. The molecule has 0 aromatic heterocycles. The molecule has 0 aliphatic heterocycles. The van der Waals surface area contributed by atoms with Gasteiger partial charge in [0.2, 0.25) is 0 Å². The van der Waals surface area contributed by atoms with Crippen LogP contribution in [-0.2, 0) is 4.74 Å². The molecule has 2 saturated carbocycles. The molecule has 0 amide bonds. The summed E-state index contributed by atoms with van der Waals surface area (Å²) in [5.74, 6) is 1.33. The number of likely N-dealkylation sites (N-methyl/N-ethyl adjacent to an activating group) is 1. The van der Waals surface area contributed by atoms with Crippen LogP contribution in [0, 0.1) is 11.8 Å². The summed E-state index contributed by atoms with van der Waals surface area (Å²) in [5, 5.41) is 10.1. The molecule has 18 heavy (non-hydrogen) atoms. The van der Waals surface area contributed by atoms with E-state index in [1.165, 1.54) is 38.5 Å². The maximum atomic E-state index is 10.1. The highest BCUT2D eigenvalue weighted by Crippen LogP contribution is 2.28. The van der Waals surface area contributed by atoms with E-state index in [1.54, 1.807) is 0 Å². The Morgan fingerprint density at radius 1 is 1.11 bits per heavy atom. The molecule has 0 saturated heterocycles. The first-order chi connectivity index (χ1) is 8.75. The summed E-state index contributed by atoms with van der Waals surface area (Å²) in [6, 6.07) is 0. The average molecular weight is 255 g/mol. The van der Waals surface area contributed by atoms with Crippen molar-refractivity contribution < 1.29 is 9.84 Å². The molecule has 0 bridgehead atoms. The number of aliphatic hydroxyl groups is 1. The van der Waals surface area contributed by atoms with Gasteiger partial charge in [-0.05, 0) is 44.6 Å². The predicted molar refractivity (Wildman–Crippen MR) is 73.6 cm³/mol. The van der Waals surface area contributed by atoms with E-state index in [1.807, 2.05) is 0 Å². The van der Waals surface area contributed by atoms with Gasteiger partial charge in [-0.25, -0.2) is 0 Å². The zero-order valence-electron chi connectivity index (χ0n) is 11.8. The van der Waals surface area contributed by atoms with Crippen molar-refractivity contribution in [2.45, 2.75) is 51.0 Å². The summed E-state index contributed by atoms with van der Waals surface area (Å²) in [6.07, 6.45) is 8.61. The lowest BCUT2D eigenvalue weighted by Crippen LogP contribution is -2.34. The van der Waals surface area contributed by atoms with Crippen molar-refractivity contribution in [2.24, 2.45) is 11.8 Å². The van der Waals surface area contributed by atoms with Crippen molar-refractivity contribution in [1.29, 1.82) is 0 Å². The van der Waals surface area contributed by atoms with Crippen LogP contribution in [0.15, 0.2) is 0 Å². The number of aliphatic hydroxyl groups excluding tert-OH is 1. The molecule has 106 valence electrons. The van der Waals surface area contributed by atoms with Gasteiger partial charge in [-0.2, -0.15) is 0 Å². The second-order valence-corrected chi connectivity index (χ2v) is 6.25. The Bertz CT molecular complexity index is 231. The summed E-state index contributed by atoms with van der Waals surface area (Å²) in [4.78, 5) is 2.33. The third kappa shape index (κ3) is 5.25. The summed E-state index contributed by atoms with van der Waals surface area (Å²) >= 11 is 0. The number of hydrogen-bond acceptors (Lipinski definition) is 3. The van der Waals surface area contributed by atoms with Gasteiger partial charge in [-0.3, -0.25) is 0 Å². The Labute approximate surface area is 112 Å². The summed E-state index contributed by atoms with van der Waals surface area (Å²) < 4.78 is 5.66. The standard InChI is InChI=1S/C15H29NO2/c1-16(9-10-18-12-13-7-8-13)11-14-5-3-2-4-6-15(14)17/h13-15,17H,2-12H2,1H3. The Hall–Kier alpha value is -0.120. The number of rotatable bonds is 7. The highest BCUT2D eigenvalue weighted by molar-refractivity contribution is 4.75. The third-order valence-electron chi connectivity index (χ3n) is 4.33. The molecule has 1 N–H and O–H groups in total. The Morgan fingerprint density at radius 3 is 2.67 bits per heavy atom. The van der Waals surface area contributed by atoms with E-state index in [4.69, 9.17) is 4.74 Å². The van der Waals surface area contributed by atoms with Gasteiger partial charge in [0.25, 0.3) is 0 Å². The predicted octanol–water partition coefficient (Wildman–Crippen LogP) is 2.29. The first kappa shape index (κ1) is 14.3. The molecule has 3 heteroatoms. The minimum Gasteiger partial charge on any atom is -0.393 e. The average Bonchev–Trinajstić information content (AvgIpc) is 3.16. The fraction of sp³-hybridized carbons (Fsp3) is 1.00. The van der Waals surface area contributed by atoms with Gasteiger partial charge < -0.3 is 14.7 Å². The van der Waals surface area contributed by atoms with E-state index < -0.39 is 0 Å². The van der Waals surface area contributed by atoms with Gasteiger partial charge in [-0.1, -0.05) is 19.3 Å². The van der Waals surface area contributed by atoms with E-state index in [0.717, 1.165) is 38.6 Å². The summed E-state index contributed by atoms with van der Waals surface area (Å²) in [5.41, 5.74) is 0. The Balaban J connectivity index is 1.57. The van der Waals surface area contributed by atoms with Crippen LogP contribution in [0.4, 0.5) is 0 Å². The van der Waals surface area contributed by atoms with Gasteiger partial charge in [0.05, 0.1) is 12.7 Å². The maximum absolute atomic E-state index is 10.1. The van der Waals surface area contributed by atoms with Crippen LogP contribution >= 0.6 is 0 Å². The van der Waals surface area contributed by atoms with Gasteiger partial charge in [0.15, 0.2) is 0 Å². The first-order valence-corrected chi connectivity index (χ1v) is 7.70. The number of hydrogen-bond donors (Lipinski definition) is 1. The Morgan fingerprint density at radius 2 is 1.89 bits per heavy atom. The molecule has 2 rings (SSSR count). The van der Waals surface area contributed by atoms with E-state index in [9.17, 15) is 5.11 Å². The van der Waals surface area contributed by atoms with E-state index in [2.05, 4.69) is 11.9 Å². The molecule has 0 heterocycles. The Kier molecular flexibility index (Phi) is 5.93. The van der Waals surface area contributed by atoms with E-state index >= 15 is 0 Å². The van der Waals surface area contributed by atoms with Crippen molar-refractivity contribution in [2.75, 3.05) is 33.4 Å². The van der Waals surface area contributed by atoms with Gasteiger partial charge in [-0.15, -0.1) is 0 Å². The monoisotopic (exact) mass is 255 g/mol. The highest BCUT2D eigenvalue weighted by Gasteiger charge is 2.23.